The molecule has 2 unspecified atom stereocenters. The van der Waals surface area contributed by atoms with Gasteiger partial charge in [0, 0.05) is 17.7 Å². The van der Waals surface area contributed by atoms with Gasteiger partial charge in [0.25, 0.3) is 0 Å². The van der Waals surface area contributed by atoms with E-state index in [0.29, 0.717) is 5.56 Å². The predicted molar refractivity (Wildman–Crippen MR) is 70.8 cm³/mol. The van der Waals surface area contributed by atoms with E-state index in [-0.39, 0.29) is 11.9 Å². The smallest absolute Gasteiger partial charge is 0.244 e. The quantitative estimate of drug-likeness (QED) is 0.923. The first-order valence-corrected chi connectivity index (χ1v) is 7.04. The van der Waals surface area contributed by atoms with E-state index < -0.39 is 23.3 Å². The van der Waals surface area contributed by atoms with Gasteiger partial charge in [-0.25, -0.2) is 8.78 Å². The van der Waals surface area contributed by atoms with Crippen molar-refractivity contribution in [2.75, 3.05) is 0 Å². The van der Waals surface area contributed by atoms with Crippen LogP contribution in [0.4, 0.5) is 8.78 Å². The molecule has 3 rings (SSSR count). The molecule has 2 fully saturated rings. The number of nitrogens with zero attached hydrogens (tertiary/aromatic N) is 1. The lowest BCUT2D eigenvalue weighted by Gasteiger charge is -2.30. The molecule has 1 aromatic carbocycles. The standard InChI is InChI=1S/C15H18F2N2O/c1-3-9(2)19-13(18-15(6-7-15)14(19)20)11-5-4-10(16)8-12(11)17/h4-5,8-9,13,18H,3,6-7H2,1-2H3. The van der Waals surface area contributed by atoms with Crippen LogP contribution in [0, 0.1) is 11.6 Å². The van der Waals surface area contributed by atoms with Crippen LogP contribution in [0.5, 0.6) is 0 Å². The predicted octanol–water partition coefficient (Wildman–Crippen LogP) is 2.73. The molecule has 1 amide bonds. The molecule has 1 heterocycles. The van der Waals surface area contributed by atoms with Gasteiger partial charge in [-0.2, -0.15) is 0 Å². The molecule has 0 radical (unpaired) electrons. The van der Waals surface area contributed by atoms with E-state index in [1.54, 1.807) is 4.90 Å². The Hall–Kier alpha value is -1.49. The summed E-state index contributed by atoms with van der Waals surface area (Å²) >= 11 is 0. The van der Waals surface area contributed by atoms with E-state index in [2.05, 4.69) is 5.32 Å². The summed E-state index contributed by atoms with van der Waals surface area (Å²) in [6.45, 7) is 3.95. The minimum Gasteiger partial charge on any atom is -0.318 e. The second kappa shape index (κ2) is 4.52. The molecule has 0 aromatic heterocycles. The maximum atomic E-state index is 14.0. The van der Waals surface area contributed by atoms with Crippen molar-refractivity contribution >= 4 is 5.91 Å². The number of carbonyl (C=O) groups is 1. The van der Waals surface area contributed by atoms with Gasteiger partial charge in [-0.15, -0.1) is 0 Å². The number of hydrogen-bond acceptors (Lipinski definition) is 2. The van der Waals surface area contributed by atoms with Crippen LogP contribution >= 0.6 is 0 Å². The van der Waals surface area contributed by atoms with Crippen molar-refractivity contribution in [1.82, 2.24) is 10.2 Å². The van der Waals surface area contributed by atoms with Crippen molar-refractivity contribution in [1.29, 1.82) is 0 Å². The first kappa shape index (κ1) is 13.5. The second-order valence-corrected chi connectivity index (χ2v) is 5.76. The Bertz CT molecular complexity index is 557. The SMILES string of the molecule is CCC(C)N1C(=O)C2(CC2)NC1c1ccc(F)cc1F. The molecule has 1 saturated heterocycles. The van der Waals surface area contributed by atoms with E-state index in [0.717, 1.165) is 25.3 Å². The average Bonchev–Trinajstić information content (AvgIpc) is 3.12. The van der Waals surface area contributed by atoms with Crippen molar-refractivity contribution in [2.24, 2.45) is 0 Å². The molecule has 1 aliphatic heterocycles. The van der Waals surface area contributed by atoms with Crippen LogP contribution in [0.1, 0.15) is 44.8 Å². The van der Waals surface area contributed by atoms with E-state index in [4.69, 9.17) is 0 Å². The van der Waals surface area contributed by atoms with Crippen molar-refractivity contribution in [3.8, 4) is 0 Å². The molecule has 1 aromatic rings. The lowest BCUT2D eigenvalue weighted by atomic mass is 10.1. The third kappa shape index (κ3) is 1.92. The molecule has 2 atom stereocenters. The van der Waals surface area contributed by atoms with Gasteiger partial charge in [-0.1, -0.05) is 6.92 Å². The highest BCUT2D eigenvalue weighted by Gasteiger charge is 2.60. The molecule has 0 bridgehead atoms. The summed E-state index contributed by atoms with van der Waals surface area (Å²) < 4.78 is 27.1. The molecule has 3 nitrogen and oxygen atoms in total. The lowest BCUT2D eigenvalue weighted by molar-refractivity contribution is -0.132. The first-order chi connectivity index (χ1) is 9.48. The number of carbonyl (C=O) groups excluding carboxylic acids is 1. The zero-order valence-electron chi connectivity index (χ0n) is 11.6. The van der Waals surface area contributed by atoms with Crippen LogP contribution in [0.15, 0.2) is 18.2 Å². The molecule has 108 valence electrons. The Kier molecular flexibility index (Phi) is 3.05. The molecule has 1 N–H and O–H groups in total. The molecular formula is C15H18F2N2O. The summed E-state index contributed by atoms with van der Waals surface area (Å²) in [4.78, 5) is 14.2. The topological polar surface area (TPSA) is 32.3 Å². The summed E-state index contributed by atoms with van der Waals surface area (Å²) in [6, 6.07) is 3.54. The highest BCUT2D eigenvalue weighted by molar-refractivity contribution is 5.92. The fourth-order valence-electron chi connectivity index (χ4n) is 2.84. The van der Waals surface area contributed by atoms with E-state index >= 15 is 0 Å². The average molecular weight is 280 g/mol. The zero-order valence-corrected chi connectivity index (χ0v) is 11.6. The van der Waals surface area contributed by atoms with Crippen LogP contribution < -0.4 is 5.32 Å². The van der Waals surface area contributed by atoms with Gasteiger partial charge < -0.3 is 4.90 Å². The number of halogens is 2. The second-order valence-electron chi connectivity index (χ2n) is 5.76. The highest BCUT2D eigenvalue weighted by atomic mass is 19.1. The van der Waals surface area contributed by atoms with Crippen molar-refractivity contribution < 1.29 is 13.6 Å². The summed E-state index contributed by atoms with van der Waals surface area (Å²) in [5.41, 5.74) is -0.168. The Balaban J connectivity index is 2.00. The van der Waals surface area contributed by atoms with Crippen LogP contribution in [0.25, 0.3) is 0 Å². The number of nitrogens with one attached hydrogen (secondary N) is 1. The minimum absolute atomic E-state index is 0.0180. The lowest BCUT2D eigenvalue weighted by Crippen LogP contribution is -2.38. The number of hydrogen-bond donors (Lipinski definition) is 1. The summed E-state index contributed by atoms with van der Waals surface area (Å²) in [5, 5.41) is 3.25. The van der Waals surface area contributed by atoms with Gasteiger partial charge in [-0.05, 0) is 38.3 Å². The van der Waals surface area contributed by atoms with E-state index in [1.165, 1.54) is 12.1 Å². The third-order valence-electron chi connectivity index (χ3n) is 4.41. The van der Waals surface area contributed by atoms with E-state index in [1.807, 2.05) is 13.8 Å². The Labute approximate surface area is 117 Å². The maximum absolute atomic E-state index is 14.0. The highest BCUT2D eigenvalue weighted by Crippen LogP contribution is 2.47. The van der Waals surface area contributed by atoms with Crippen LogP contribution in [-0.4, -0.2) is 22.4 Å². The summed E-state index contributed by atoms with van der Waals surface area (Å²) in [7, 11) is 0. The Morgan fingerprint density at radius 2 is 2.15 bits per heavy atom. The first-order valence-electron chi connectivity index (χ1n) is 7.04. The molecule has 2 aliphatic rings. The molecule has 5 heteroatoms. The van der Waals surface area contributed by atoms with E-state index in [9.17, 15) is 13.6 Å². The summed E-state index contributed by atoms with van der Waals surface area (Å²) in [5.74, 6) is -1.17. The van der Waals surface area contributed by atoms with Crippen molar-refractivity contribution in [2.45, 2.75) is 50.9 Å². The molecular weight excluding hydrogens is 262 g/mol. The van der Waals surface area contributed by atoms with Gasteiger partial charge in [0.1, 0.15) is 23.3 Å². The normalized spacial score (nSPS) is 25.3. The molecule has 20 heavy (non-hydrogen) atoms. The molecule has 1 aliphatic carbocycles. The van der Waals surface area contributed by atoms with Crippen molar-refractivity contribution in [3.05, 3.63) is 35.4 Å². The third-order valence-corrected chi connectivity index (χ3v) is 4.41. The molecule has 1 spiro atoms. The summed E-state index contributed by atoms with van der Waals surface area (Å²) in [6.07, 6.45) is 1.87. The Morgan fingerprint density at radius 1 is 1.45 bits per heavy atom. The van der Waals surface area contributed by atoms with Gasteiger partial charge in [-0.3, -0.25) is 10.1 Å². The fourth-order valence-corrected chi connectivity index (χ4v) is 2.84. The maximum Gasteiger partial charge on any atom is 0.244 e. The fraction of sp³-hybridized carbons (Fsp3) is 0.533. The van der Waals surface area contributed by atoms with Gasteiger partial charge in [0.05, 0.1) is 0 Å². The van der Waals surface area contributed by atoms with Gasteiger partial charge in [0.15, 0.2) is 0 Å². The van der Waals surface area contributed by atoms with Gasteiger partial charge >= 0.3 is 0 Å². The zero-order chi connectivity index (χ0) is 14.5. The largest absolute Gasteiger partial charge is 0.318 e. The molecule has 1 saturated carbocycles. The number of rotatable bonds is 3. The minimum atomic E-state index is -0.610. The van der Waals surface area contributed by atoms with Crippen LogP contribution in [0.2, 0.25) is 0 Å². The Morgan fingerprint density at radius 3 is 2.70 bits per heavy atom. The monoisotopic (exact) mass is 280 g/mol. The van der Waals surface area contributed by atoms with Crippen LogP contribution in [0.3, 0.4) is 0 Å². The van der Waals surface area contributed by atoms with Crippen molar-refractivity contribution in [3.63, 3.8) is 0 Å². The van der Waals surface area contributed by atoms with Gasteiger partial charge in [0.2, 0.25) is 5.91 Å². The number of amides is 1. The number of benzene rings is 1. The van der Waals surface area contributed by atoms with Crippen LogP contribution in [-0.2, 0) is 4.79 Å².